The van der Waals surface area contributed by atoms with Gasteiger partial charge in [-0.3, -0.25) is 0 Å². The summed E-state index contributed by atoms with van der Waals surface area (Å²) in [5, 5.41) is 0. The molecule has 4 nitrogen and oxygen atoms in total. The maximum Gasteiger partial charge on any atom is 0.410 e. The van der Waals surface area contributed by atoms with Crippen molar-refractivity contribution in [2.24, 2.45) is 0 Å². The Labute approximate surface area is 120 Å². The molecule has 0 bridgehead atoms. The van der Waals surface area contributed by atoms with E-state index in [1.165, 1.54) is 0 Å². The lowest BCUT2D eigenvalue weighted by atomic mass is 9.90. The van der Waals surface area contributed by atoms with Gasteiger partial charge in [0.2, 0.25) is 0 Å². The van der Waals surface area contributed by atoms with Gasteiger partial charge in [0.25, 0.3) is 0 Å². The Bertz CT molecular complexity index is 480. The fourth-order valence-corrected chi connectivity index (χ4v) is 2.61. The van der Waals surface area contributed by atoms with Crippen LogP contribution in [0.5, 0.6) is 0 Å². The predicted molar refractivity (Wildman–Crippen MR) is 80.6 cm³/mol. The van der Waals surface area contributed by atoms with Gasteiger partial charge in [-0.2, -0.15) is 0 Å². The van der Waals surface area contributed by atoms with E-state index >= 15 is 0 Å². The van der Waals surface area contributed by atoms with Crippen LogP contribution in [0, 0.1) is 0 Å². The minimum absolute atomic E-state index is 0.225. The van der Waals surface area contributed by atoms with Gasteiger partial charge in [-0.05, 0) is 45.2 Å². The summed E-state index contributed by atoms with van der Waals surface area (Å²) in [6, 6.07) is 7.91. The third-order valence-electron chi connectivity index (χ3n) is 3.51. The van der Waals surface area contributed by atoms with Gasteiger partial charge in [-0.1, -0.05) is 18.2 Å². The molecule has 0 radical (unpaired) electrons. The molecule has 1 fully saturated rings. The maximum atomic E-state index is 12.1. The average Bonchev–Trinajstić information content (AvgIpc) is 2.37. The third-order valence-corrected chi connectivity index (χ3v) is 3.51. The molecule has 0 saturated carbocycles. The molecule has 1 aromatic carbocycles. The number of nitrogens with two attached hydrogens (primary N) is 1. The van der Waals surface area contributed by atoms with Gasteiger partial charge in [0, 0.05) is 24.7 Å². The van der Waals surface area contributed by atoms with Crippen molar-refractivity contribution < 1.29 is 9.53 Å². The molecule has 2 rings (SSSR count). The number of likely N-dealkylation sites (tertiary alicyclic amines) is 1. The van der Waals surface area contributed by atoms with E-state index in [2.05, 4.69) is 6.07 Å². The van der Waals surface area contributed by atoms with Crippen LogP contribution in [0.25, 0.3) is 0 Å². The van der Waals surface area contributed by atoms with Crippen LogP contribution in [-0.4, -0.2) is 29.7 Å². The molecule has 1 aromatic rings. The molecule has 1 aliphatic rings. The van der Waals surface area contributed by atoms with E-state index in [1.807, 2.05) is 39.0 Å². The van der Waals surface area contributed by atoms with Crippen molar-refractivity contribution in [1.82, 2.24) is 4.90 Å². The topological polar surface area (TPSA) is 55.6 Å². The summed E-state index contributed by atoms with van der Waals surface area (Å²) in [5.74, 6) is 0.303. The largest absolute Gasteiger partial charge is 0.444 e. The van der Waals surface area contributed by atoms with Gasteiger partial charge in [0.15, 0.2) is 0 Å². The standard InChI is InChI=1S/C16H24N2O2/c1-16(2,3)20-15(19)18-10-6-7-12(11-18)13-8-4-5-9-14(13)17/h4-5,8-9,12H,6-7,10-11,17H2,1-3H3/t12-/m1/s1. The molecule has 1 heterocycles. The van der Waals surface area contributed by atoms with Crippen molar-refractivity contribution >= 4 is 11.8 Å². The number of para-hydroxylation sites is 1. The van der Waals surface area contributed by atoms with Crippen molar-refractivity contribution in [3.05, 3.63) is 29.8 Å². The normalized spacial score (nSPS) is 19.8. The van der Waals surface area contributed by atoms with Crippen LogP contribution in [0.4, 0.5) is 10.5 Å². The van der Waals surface area contributed by atoms with E-state index < -0.39 is 5.60 Å². The average molecular weight is 276 g/mol. The second kappa shape index (κ2) is 5.73. The molecule has 4 heteroatoms. The Morgan fingerprint density at radius 2 is 2.05 bits per heavy atom. The highest BCUT2D eigenvalue weighted by atomic mass is 16.6. The molecule has 110 valence electrons. The Kier molecular flexibility index (Phi) is 4.21. The molecule has 1 aliphatic heterocycles. The summed E-state index contributed by atoms with van der Waals surface area (Å²) in [6.07, 6.45) is 1.82. The first-order chi connectivity index (χ1) is 9.37. The van der Waals surface area contributed by atoms with Crippen molar-refractivity contribution in [3.8, 4) is 0 Å². The number of nitrogen functional groups attached to an aromatic ring is 1. The van der Waals surface area contributed by atoms with Crippen molar-refractivity contribution in [1.29, 1.82) is 0 Å². The van der Waals surface area contributed by atoms with Crippen LogP contribution in [0.1, 0.15) is 45.1 Å². The Morgan fingerprint density at radius 1 is 1.35 bits per heavy atom. The number of hydrogen-bond donors (Lipinski definition) is 1. The van der Waals surface area contributed by atoms with Gasteiger partial charge >= 0.3 is 6.09 Å². The number of rotatable bonds is 1. The molecule has 0 unspecified atom stereocenters. The first-order valence-corrected chi connectivity index (χ1v) is 7.19. The molecule has 1 atom stereocenters. The molecule has 2 N–H and O–H groups in total. The van der Waals surface area contributed by atoms with Crippen LogP contribution in [0.2, 0.25) is 0 Å². The summed E-state index contributed by atoms with van der Waals surface area (Å²) in [6.45, 7) is 7.12. The van der Waals surface area contributed by atoms with Crippen LogP contribution in [0.15, 0.2) is 24.3 Å². The number of hydrogen-bond acceptors (Lipinski definition) is 3. The first kappa shape index (κ1) is 14.7. The lowest BCUT2D eigenvalue weighted by molar-refractivity contribution is 0.0198. The number of anilines is 1. The highest BCUT2D eigenvalue weighted by Crippen LogP contribution is 2.31. The van der Waals surface area contributed by atoms with Gasteiger partial charge in [0.05, 0.1) is 0 Å². The van der Waals surface area contributed by atoms with Crippen molar-refractivity contribution in [3.63, 3.8) is 0 Å². The van der Waals surface area contributed by atoms with Crippen LogP contribution in [-0.2, 0) is 4.74 Å². The van der Waals surface area contributed by atoms with E-state index in [-0.39, 0.29) is 6.09 Å². The smallest absolute Gasteiger partial charge is 0.410 e. The minimum Gasteiger partial charge on any atom is -0.444 e. The second-order valence-corrected chi connectivity index (χ2v) is 6.39. The van der Waals surface area contributed by atoms with Crippen LogP contribution < -0.4 is 5.73 Å². The fourth-order valence-electron chi connectivity index (χ4n) is 2.61. The van der Waals surface area contributed by atoms with Gasteiger partial charge in [-0.15, -0.1) is 0 Å². The molecular formula is C16H24N2O2. The molecule has 20 heavy (non-hydrogen) atoms. The lowest BCUT2D eigenvalue weighted by Gasteiger charge is -2.34. The van der Waals surface area contributed by atoms with Gasteiger partial charge < -0.3 is 15.4 Å². The zero-order chi connectivity index (χ0) is 14.8. The number of benzene rings is 1. The molecule has 0 spiro atoms. The van der Waals surface area contributed by atoms with E-state index in [1.54, 1.807) is 4.90 Å². The number of carbonyl (C=O) groups is 1. The van der Waals surface area contributed by atoms with E-state index in [0.29, 0.717) is 12.5 Å². The SMILES string of the molecule is CC(C)(C)OC(=O)N1CCC[C@@H](c2ccccc2N)C1. The molecule has 1 amide bonds. The van der Waals surface area contributed by atoms with Crippen molar-refractivity contribution in [2.75, 3.05) is 18.8 Å². The first-order valence-electron chi connectivity index (χ1n) is 7.19. The van der Waals surface area contributed by atoms with E-state index in [4.69, 9.17) is 10.5 Å². The van der Waals surface area contributed by atoms with Crippen LogP contribution in [0.3, 0.4) is 0 Å². The fraction of sp³-hybridized carbons (Fsp3) is 0.562. The Morgan fingerprint density at radius 3 is 2.70 bits per heavy atom. The quantitative estimate of drug-likeness (QED) is 0.800. The summed E-state index contributed by atoms with van der Waals surface area (Å²) in [4.78, 5) is 13.9. The number of ether oxygens (including phenoxy) is 1. The monoisotopic (exact) mass is 276 g/mol. The summed E-state index contributed by atoms with van der Waals surface area (Å²) in [7, 11) is 0. The van der Waals surface area contributed by atoms with E-state index in [9.17, 15) is 4.79 Å². The van der Waals surface area contributed by atoms with Gasteiger partial charge in [-0.25, -0.2) is 4.79 Å². The summed E-state index contributed by atoms with van der Waals surface area (Å²) >= 11 is 0. The highest BCUT2D eigenvalue weighted by molar-refractivity contribution is 5.68. The maximum absolute atomic E-state index is 12.1. The number of piperidine rings is 1. The zero-order valence-corrected chi connectivity index (χ0v) is 12.6. The molecule has 1 saturated heterocycles. The minimum atomic E-state index is -0.449. The Balaban J connectivity index is 2.06. The zero-order valence-electron chi connectivity index (χ0n) is 12.6. The van der Waals surface area contributed by atoms with E-state index in [0.717, 1.165) is 30.6 Å². The molecule has 0 aliphatic carbocycles. The van der Waals surface area contributed by atoms with Gasteiger partial charge in [0.1, 0.15) is 5.60 Å². The number of carbonyl (C=O) groups excluding carboxylic acids is 1. The third kappa shape index (κ3) is 3.65. The highest BCUT2D eigenvalue weighted by Gasteiger charge is 2.28. The second-order valence-electron chi connectivity index (χ2n) is 6.39. The number of nitrogens with zero attached hydrogens (tertiary/aromatic N) is 1. The number of amides is 1. The summed E-state index contributed by atoms with van der Waals surface area (Å²) in [5.41, 5.74) is 7.54. The molecular weight excluding hydrogens is 252 g/mol. The Hall–Kier alpha value is -1.71. The van der Waals surface area contributed by atoms with Crippen LogP contribution >= 0.6 is 0 Å². The van der Waals surface area contributed by atoms with Crippen molar-refractivity contribution in [2.45, 2.75) is 45.1 Å². The molecule has 0 aromatic heterocycles. The summed E-state index contributed by atoms with van der Waals surface area (Å²) < 4.78 is 5.45. The predicted octanol–water partition coefficient (Wildman–Crippen LogP) is 3.38. The lowest BCUT2D eigenvalue weighted by Crippen LogP contribution is -2.42.